The Morgan fingerprint density at radius 1 is 1.15 bits per heavy atom. The minimum absolute atomic E-state index is 0.180. The van der Waals surface area contributed by atoms with Crippen molar-refractivity contribution in [3.8, 4) is 0 Å². The highest BCUT2D eigenvalue weighted by atomic mass is 32.2. The zero-order valence-electron chi connectivity index (χ0n) is 11.2. The molecule has 2 aromatic rings. The van der Waals surface area contributed by atoms with E-state index in [9.17, 15) is 8.42 Å². The van der Waals surface area contributed by atoms with Gasteiger partial charge in [0.25, 0.3) is 10.0 Å². The summed E-state index contributed by atoms with van der Waals surface area (Å²) in [6, 6.07) is 12.6. The lowest BCUT2D eigenvalue weighted by atomic mass is 10.2. The van der Waals surface area contributed by atoms with Crippen molar-refractivity contribution in [2.24, 2.45) is 0 Å². The first-order chi connectivity index (χ1) is 9.50. The molecule has 0 aromatic heterocycles. The number of rotatable bonds is 2. The zero-order valence-corrected chi connectivity index (χ0v) is 12.0. The van der Waals surface area contributed by atoms with Crippen LogP contribution in [0.15, 0.2) is 47.4 Å². The number of benzene rings is 2. The molecule has 4 nitrogen and oxygen atoms in total. The van der Waals surface area contributed by atoms with Crippen LogP contribution in [0.5, 0.6) is 0 Å². The first-order valence-electron chi connectivity index (χ1n) is 6.47. The number of hydrogen-bond donors (Lipinski definition) is 1. The standard InChI is InChI=1S/C15H16N2O2S/c1-11-6-7-15(13(16)10-11)20(18,19)17-9-8-12-4-2-3-5-14(12)17/h2-7,10H,8-9,16H2,1H3. The van der Waals surface area contributed by atoms with E-state index in [0.717, 1.165) is 23.2 Å². The summed E-state index contributed by atoms with van der Waals surface area (Å²) in [7, 11) is -3.59. The molecule has 2 aromatic carbocycles. The Balaban J connectivity index is 2.10. The molecule has 0 aliphatic carbocycles. The number of sulfonamides is 1. The Kier molecular flexibility index (Phi) is 2.94. The van der Waals surface area contributed by atoms with Crippen molar-refractivity contribution < 1.29 is 8.42 Å². The smallest absolute Gasteiger partial charge is 0.266 e. The van der Waals surface area contributed by atoms with Crippen LogP contribution in [-0.4, -0.2) is 15.0 Å². The third kappa shape index (κ3) is 1.94. The van der Waals surface area contributed by atoms with E-state index >= 15 is 0 Å². The summed E-state index contributed by atoms with van der Waals surface area (Å²) in [6.07, 6.45) is 0.737. The van der Waals surface area contributed by atoms with Gasteiger partial charge in [0.05, 0.1) is 11.4 Å². The van der Waals surface area contributed by atoms with E-state index in [2.05, 4.69) is 0 Å². The summed E-state index contributed by atoms with van der Waals surface area (Å²) < 4.78 is 27.0. The molecule has 20 heavy (non-hydrogen) atoms. The van der Waals surface area contributed by atoms with E-state index in [1.165, 1.54) is 4.31 Å². The number of nitrogens with two attached hydrogens (primary N) is 1. The van der Waals surface area contributed by atoms with E-state index in [4.69, 9.17) is 5.73 Å². The summed E-state index contributed by atoms with van der Waals surface area (Å²) in [5.74, 6) is 0. The third-order valence-electron chi connectivity index (χ3n) is 3.58. The number of para-hydroxylation sites is 1. The van der Waals surface area contributed by atoms with Gasteiger partial charge in [-0.3, -0.25) is 4.31 Å². The Morgan fingerprint density at radius 3 is 2.65 bits per heavy atom. The molecular weight excluding hydrogens is 272 g/mol. The molecule has 1 aliphatic rings. The van der Waals surface area contributed by atoms with Crippen LogP contribution >= 0.6 is 0 Å². The van der Waals surface area contributed by atoms with Crippen LogP contribution in [-0.2, 0) is 16.4 Å². The Bertz CT molecular complexity index is 769. The second-order valence-corrected chi connectivity index (χ2v) is 6.83. The van der Waals surface area contributed by atoms with Crippen LogP contribution in [0.1, 0.15) is 11.1 Å². The molecule has 0 saturated carbocycles. The van der Waals surface area contributed by atoms with Crippen LogP contribution in [0.4, 0.5) is 11.4 Å². The largest absolute Gasteiger partial charge is 0.398 e. The van der Waals surface area contributed by atoms with Gasteiger partial charge in [-0.1, -0.05) is 24.3 Å². The van der Waals surface area contributed by atoms with Gasteiger partial charge in [-0.15, -0.1) is 0 Å². The van der Waals surface area contributed by atoms with Gasteiger partial charge in [0.1, 0.15) is 4.90 Å². The maximum Gasteiger partial charge on any atom is 0.266 e. The molecule has 3 rings (SSSR count). The topological polar surface area (TPSA) is 63.4 Å². The van der Waals surface area contributed by atoms with E-state index < -0.39 is 10.0 Å². The maximum absolute atomic E-state index is 12.8. The molecule has 0 unspecified atom stereocenters. The fourth-order valence-electron chi connectivity index (χ4n) is 2.58. The highest BCUT2D eigenvalue weighted by Crippen LogP contribution is 2.34. The van der Waals surface area contributed by atoms with E-state index in [-0.39, 0.29) is 4.90 Å². The van der Waals surface area contributed by atoms with Crippen molar-refractivity contribution in [3.05, 3.63) is 53.6 Å². The summed E-state index contributed by atoms with van der Waals surface area (Å²) >= 11 is 0. The second-order valence-electron chi connectivity index (χ2n) is 5.00. The molecule has 0 amide bonds. The van der Waals surface area contributed by atoms with Gasteiger partial charge < -0.3 is 5.73 Å². The van der Waals surface area contributed by atoms with E-state index in [1.54, 1.807) is 18.2 Å². The third-order valence-corrected chi connectivity index (χ3v) is 5.47. The molecule has 0 spiro atoms. The first kappa shape index (κ1) is 13.0. The number of nitrogen functional groups attached to an aromatic ring is 1. The molecule has 0 fully saturated rings. The Morgan fingerprint density at radius 2 is 1.90 bits per heavy atom. The van der Waals surface area contributed by atoms with Crippen molar-refractivity contribution >= 4 is 21.4 Å². The van der Waals surface area contributed by atoms with Crippen molar-refractivity contribution in [2.75, 3.05) is 16.6 Å². The van der Waals surface area contributed by atoms with Gasteiger partial charge >= 0.3 is 0 Å². The lowest BCUT2D eigenvalue weighted by Crippen LogP contribution is -2.29. The predicted molar refractivity (Wildman–Crippen MR) is 80.3 cm³/mol. The molecule has 0 atom stereocenters. The molecule has 5 heteroatoms. The van der Waals surface area contributed by atoms with Gasteiger partial charge in [-0.2, -0.15) is 0 Å². The lowest BCUT2D eigenvalue weighted by Gasteiger charge is -2.20. The second kappa shape index (κ2) is 4.52. The quantitative estimate of drug-likeness (QED) is 0.863. The van der Waals surface area contributed by atoms with E-state index in [0.29, 0.717) is 12.2 Å². The molecule has 1 heterocycles. The van der Waals surface area contributed by atoms with Gasteiger partial charge in [0.2, 0.25) is 0 Å². The monoisotopic (exact) mass is 288 g/mol. The minimum Gasteiger partial charge on any atom is -0.398 e. The number of nitrogens with zero attached hydrogens (tertiary/aromatic N) is 1. The fourth-order valence-corrected chi connectivity index (χ4v) is 4.18. The molecular formula is C15H16N2O2S. The summed E-state index contributed by atoms with van der Waals surface area (Å²) in [5, 5.41) is 0. The van der Waals surface area contributed by atoms with Gasteiger partial charge in [-0.25, -0.2) is 8.42 Å². The van der Waals surface area contributed by atoms with Gasteiger partial charge in [0.15, 0.2) is 0 Å². The van der Waals surface area contributed by atoms with Crippen LogP contribution in [0.25, 0.3) is 0 Å². The summed E-state index contributed by atoms with van der Waals surface area (Å²) in [5.41, 5.74) is 8.95. The Labute approximate surface area is 118 Å². The van der Waals surface area contributed by atoms with Gasteiger partial charge in [-0.05, 0) is 42.7 Å². The highest BCUT2D eigenvalue weighted by molar-refractivity contribution is 7.93. The van der Waals surface area contributed by atoms with E-state index in [1.807, 2.05) is 31.2 Å². The molecule has 1 aliphatic heterocycles. The van der Waals surface area contributed by atoms with Crippen molar-refractivity contribution in [3.63, 3.8) is 0 Å². The number of anilines is 2. The average Bonchev–Trinajstić information content (AvgIpc) is 2.82. The van der Waals surface area contributed by atoms with Crippen LogP contribution < -0.4 is 10.0 Å². The SMILES string of the molecule is Cc1ccc(S(=O)(=O)N2CCc3ccccc32)c(N)c1. The molecule has 0 bridgehead atoms. The Hall–Kier alpha value is -2.01. The van der Waals surface area contributed by atoms with Crippen molar-refractivity contribution in [1.29, 1.82) is 0 Å². The van der Waals surface area contributed by atoms with Crippen LogP contribution in [0, 0.1) is 6.92 Å². The molecule has 2 N–H and O–H groups in total. The van der Waals surface area contributed by atoms with Gasteiger partial charge in [0, 0.05) is 6.54 Å². The number of hydrogen-bond acceptors (Lipinski definition) is 3. The normalized spacial score (nSPS) is 14.3. The highest BCUT2D eigenvalue weighted by Gasteiger charge is 2.31. The fraction of sp³-hybridized carbons (Fsp3) is 0.200. The number of fused-ring (bicyclic) bond motifs is 1. The first-order valence-corrected chi connectivity index (χ1v) is 7.91. The lowest BCUT2D eigenvalue weighted by molar-refractivity contribution is 0.592. The summed E-state index contributed by atoms with van der Waals surface area (Å²) in [6.45, 7) is 2.35. The molecule has 104 valence electrons. The minimum atomic E-state index is -3.59. The van der Waals surface area contributed by atoms with Crippen LogP contribution in [0.2, 0.25) is 0 Å². The molecule has 0 radical (unpaired) electrons. The van der Waals surface area contributed by atoms with Crippen molar-refractivity contribution in [2.45, 2.75) is 18.2 Å². The summed E-state index contributed by atoms with van der Waals surface area (Å²) in [4.78, 5) is 0.180. The predicted octanol–water partition coefficient (Wildman–Crippen LogP) is 2.33. The van der Waals surface area contributed by atoms with Crippen LogP contribution in [0.3, 0.4) is 0 Å². The van der Waals surface area contributed by atoms with Crippen molar-refractivity contribution in [1.82, 2.24) is 0 Å². The maximum atomic E-state index is 12.8. The average molecular weight is 288 g/mol. The zero-order chi connectivity index (χ0) is 14.3. The number of aryl methyl sites for hydroxylation is 1. The molecule has 0 saturated heterocycles.